The van der Waals surface area contributed by atoms with E-state index in [0.29, 0.717) is 25.1 Å². The predicted molar refractivity (Wildman–Crippen MR) is 91.0 cm³/mol. The Hall–Kier alpha value is -2.25. The minimum absolute atomic E-state index is 0.0954. The zero-order chi connectivity index (χ0) is 16.9. The Bertz CT molecular complexity index is 684. The fourth-order valence-corrected chi connectivity index (χ4v) is 3.12. The van der Waals surface area contributed by atoms with Crippen molar-refractivity contribution in [3.63, 3.8) is 0 Å². The smallest absolute Gasteiger partial charge is 0.221 e. The van der Waals surface area contributed by atoms with Crippen molar-refractivity contribution >= 4 is 11.8 Å². The summed E-state index contributed by atoms with van der Waals surface area (Å²) in [4.78, 5) is 12.5. The molecule has 0 spiro atoms. The lowest BCUT2D eigenvalue weighted by molar-refractivity contribution is 0.134. The Morgan fingerprint density at radius 3 is 2.83 bits per heavy atom. The third-order valence-electron chi connectivity index (χ3n) is 4.38. The highest BCUT2D eigenvalue weighted by Gasteiger charge is 2.28. The second kappa shape index (κ2) is 7.55. The summed E-state index contributed by atoms with van der Waals surface area (Å²) in [5.74, 6) is 0.849. The van der Waals surface area contributed by atoms with Gasteiger partial charge in [-0.15, -0.1) is 0 Å². The van der Waals surface area contributed by atoms with Crippen LogP contribution in [0.3, 0.4) is 0 Å². The van der Waals surface area contributed by atoms with Crippen molar-refractivity contribution in [1.29, 1.82) is 0 Å². The zero-order valence-electron chi connectivity index (χ0n) is 13.5. The Morgan fingerprint density at radius 2 is 2.08 bits per heavy atom. The first kappa shape index (κ1) is 16.6. The van der Waals surface area contributed by atoms with Gasteiger partial charge < -0.3 is 15.7 Å². The lowest BCUT2D eigenvalue weighted by Crippen LogP contribution is -2.53. The van der Waals surface area contributed by atoms with Gasteiger partial charge in [0.1, 0.15) is 11.6 Å². The van der Waals surface area contributed by atoms with Crippen LogP contribution in [0.25, 0.3) is 0 Å². The number of nitrogens with two attached hydrogens (primary N) is 1. The zero-order valence-corrected chi connectivity index (χ0v) is 13.5. The number of nitrogen functional groups attached to an aromatic ring is 1. The molecular weight excluding hydrogens is 309 g/mol. The summed E-state index contributed by atoms with van der Waals surface area (Å²) in [5.41, 5.74) is 6.34. The summed E-state index contributed by atoms with van der Waals surface area (Å²) >= 11 is 0. The number of rotatable bonds is 5. The van der Waals surface area contributed by atoms with Crippen LogP contribution >= 0.6 is 0 Å². The Kier molecular flexibility index (Phi) is 5.22. The molecule has 3 rings (SSSR count). The molecule has 1 atom stereocenters. The third-order valence-corrected chi connectivity index (χ3v) is 4.38. The second-order valence-electron chi connectivity index (χ2n) is 5.95. The number of hydrogen-bond donors (Lipinski definition) is 2. The van der Waals surface area contributed by atoms with Crippen molar-refractivity contribution in [3.05, 3.63) is 47.9 Å². The Labute approximate surface area is 140 Å². The van der Waals surface area contributed by atoms with Crippen molar-refractivity contribution in [3.8, 4) is 0 Å². The van der Waals surface area contributed by atoms with E-state index in [2.05, 4.69) is 19.8 Å². The number of hydrogen-bond acceptors (Lipinski definition) is 6. The van der Waals surface area contributed by atoms with Gasteiger partial charge in [0.15, 0.2) is 0 Å². The molecule has 24 heavy (non-hydrogen) atoms. The molecule has 2 heterocycles. The highest BCUT2D eigenvalue weighted by Crippen LogP contribution is 2.21. The van der Waals surface area contributed by atoms with Gasteiger partial charge in [0.05, 0.1) is 0 Å². The van der Waals surface area contributed by atoms with Crippen LogP contribution in [0.1, 0.15) is 12.0 Å². The molecule has 1 aliphatic heterocycles. The summed E-state index contributed by atoms with van der Waals surface area (Å²) in [6.07, 6.45) is 2.27. The third kappa shape index (κ3) is 3.80. The maximum Gasteiger partial charge on any atom is 0.221 e. The summed E-state index contributed by atoms with van der Waals surface area (Å²) in [5, 5.41) is 9.39. The van der Waals surface area contributed by atoms with E-state index in [1.165, 1.54) is 6.07 Å². The SMILES string of the molecule is Nc1nccc(N2CCN(Cc3ccccc3F)[C@H](CCO)C2)n1. The predicted octanol–water partition coefficient (Wildman–Crippen LogP) is 1.27. The molecule has 0 unspecified atom stereocenters. The van der Waals surface area contributed by atoms with Crippen LogP contribution < -0.4 is 10.6 Å². The van der Waals surface area contributed by atoms with Gasteiger partial charge in [-0.1, -0.05) is 18.2 Å². The summed E-state index contributed by atoms with van der Waals surface area (Å²) < 4.78 is 13.9. The average Bonchev–Trinajstić information content (AvgIpc) is 2.58. The molecule has 1 saturated heterocycles. The average molecular weight is 331 g/mol. The molecule has 3 N–H and O–H groups in total. The van der Waals surface area contributed by atoms with Crippen LogP contribution in [0.2, 0.25) is 0 Å². The van der Waals surface area contributed by atoms with Crippen LogP contribution in [0.15, 0.2) is 36.5 Å². The number of aromatic nitrogens is 2. The van der Waals surface area contributed by atoms with Gasteiger partial charge in [-0.25, -0.2) is 9.37 Å². The standard InChI is InChI=1S/C17H22FN5O/c18-15-4-2-1-3-13(15)11-22-8-9-23(12-14(22)6-10-24)16-5-7-20-17(19)21-16/h1-5,7,14,24H,6,8-12H2,(H2,19,20,21)/t14-/m1/s1. The number of aliphatic hydroxyl groups is 1. The van der Waals surface area contributed by atoms with Crippen LogP contribution in [0, 0.1) is 5.82 Å². The van der Waals surface area contributed by atoms with Crippen molar-refractivity contribution in [2.75, 3.05) is 36.9 Å². The van der Waals surface area contributed by atoms with Crippen molar-refractivity contribution < 1.29 is 9.50 Å². The first-order valence-electron chi connectivity index (χ1n) is 8.09. The number of halogens is 1. The van der Waals surface area contributed by atoms with E-state index in [1.807, 2.05) is 18.2 Å². The number of benzene rings is 1. The summed E-state index contributed by atoms with van der Waals surface area (Å²) in [7, 11) is 0. The van der Waals surface area contributed by atoms with E-state index in [1.54, 1.807) is 12.3 Å². The molecule has 0 radical (unpaired) electrons. The van der Waals surface area contributed by atoms with Gasteiger partial charge in [0, 0.05) is 50.6 Å². The van der Waals surface area contributed by atoms with Gasteiger partial charge in [0.2, 0.25) is 5.95 Å². The molecule has 128 valence electrons. The first-order valence-corrected chi connectivity index (χ1v) is 8.09. The lowest BCUT2D eigenvalue weighted by atomic mass is 10.1. The Balaban J connectivity index is 1.73. The van der Waals surface area contributed by atoms with E-state index in [9.17, 15) is 9.50 Å². The maximum absolute atomic E-state index is 13.9. The molecule has 0 bridgehead atoms. The molecule has 2 aromatic rings. The molecule has 0 saturated carbocycles. The van der Waals surface area contributed by atoms with Gasteiger partial charge in [-0.3, -0.25) is 4.90 Å². The monoisotopic (exact) mass is 331 g/mol. The van der Waals surface area contributed by atoms with Crippen LogP contribution in [-0.4, -0.2) is 52.3 Å². The Morgan fingerprint density at radius 1 is 1.25 bits per heavy atom. The molecule has 1 aromatic heterocycles. The molecule has 1 aliphatic rings. The number of nitrogens with zero attached hydrogens (tertiary/aromatic N) is 4. The van der Waals surface area contributed by atoms with E-state index in [-0.39, 0.29) is 24.4 Å². The molecular formula is C17H22FN5O. The topological polar surface area (TPSA) is 78.5 Å². The summed E-state index contributed by atoms with van der Waals surface area (Å²) in [6.45, 7) is 2.89. The van der Waals surface area contributed by atoms with Crippen LogP contribution in [0.4, 0.5) is 16.2 Å². The van der Waals surface area contributed by atoms with E-state index >= 15 is 0 Å². The van der Waals surface area contributed by atoms with Gasteiger partial charge in [0.25, 0.3) is 0 Å². The molecule has 1 aromatic carbocycles. The summed E-state index contributed by atoms with van der Waals surface area (Å²) in [6, 6.07) is 8.79. The van der Waals surface area contributed by atoms with Gasteiger partial charge in [-0.05, 0) is 18.6 Å². The quantitative estimate of drug-likeness (QED) is 0.859. The van der Waals surface area contributed by atoms with E-state index < -0.39 is 0 Å². The minimum atomic E-state index is -0.189. The molecule has 6 nitrogen and oxygen atoms in total. The largest absolute Gasteiger partial charge is 0.396 e. The minimum Gasteiger partial charge on any atom is -0.396 e. The maximum atomic E-state index is 13.9. The number of piperazine rings is 1. The van der Waals surface area contributed by atoms with Crippen molar-refractivity contribution in [2.24, 2.45) is 0 Å². The molecule has 0 aliphatic carbocycles. The fourth-order valence-electron chi connectivity index (χ4n) is 3.12. The fraction of sp³-hybridized carbons (Fsp3) is 0.412. The number of anilines is 2. The van der Waals surface area contributed by atoms with Crippen LogP contribution in [0.5, 0.6) is 0 Å². The number of aliphatic hydroxyl groups excluding tert-OH is 1. The molecule has 1 fully saturated rings. The van der Waals surface area contributed by atoms with Crippen molar-refractivity contribution in [2.45, 2.75) is 19.0 Å². The van der Waals surface area contributed by atoms with Gasteiger partial charge in [-0.2, -0.15) is 4.98 Å². The van der Waals surface area contributed by atoms with Gasteiger partial charge >= 0.3 is 0 Å². The van der Waals surface area contributed by atoms with Crippen molar-refractivity contribution in [1.82, 2.24) is 14.9 Å². The first-order chi connectivity index (χ1) is 11.7. The lowest BCUT2D eigenvalue weighted by Gasteiger charge is -2.42. The van der Waals surface area contributed by atoms with E-state index in [0.717, 1.165) is 18.9 Å². The normalized spacial score (nSPS) is 18.8. The molecule has 0 amide bonds. The van der Waals surface area contributed by atoms with Crippen LogP contribution in [-0.2, 0) is 6.54 Å². The van der Waals surface area contributed by atoms with E-state index in [4.69, 9.17) is 5.73 Å². The highest BCUT2D eigenvalue weighted by molar-refractivity contribution is 5.41. The second-order valence-corrected chi connectivity index (χ2v) is 5.95. The molecule has 7 heteroatoms. The highest BCUT2D eigenvalue weighted by atomic mass is 19.1.